The van der Waals surface area contributed by atoms with Gasteiger partial charge in [-0.25, -0.2) is 0 Å². The van der Waals surface area contributed by atoms with E-state index in [1.165, 1.54) is 12.1 Å². The Morgan fingerprint density at radius 1 is 1.00 bits per heavy atom. The molecular formula is C14H24O7S. The predicted molar refractivity (Wildman–Crippen MR) is 82.3 cm³/mol. The summed E-state index contributed by atoms with van der Waals surface area (Å²) in [6, 6.07) is 5.99. The van der Waals surface area contributed by atoms with E-state index in [0.717, 1.165) is 31.7 Å². The molecule has 0 radical (unpaired) electrons. The highest BCUT2D eigenvalue weighted by Crippen LogP contribution is 2.08. The molecule has 0 atom stereocenters. The van der Waals surface area contributed by atoms with Gasteiger partial charge < -0.3 is 15.3 Å². The second-order valence-electron chi connectivity index (χ2n) is 4.32. The van der Waals surface area contributed by atoms with Crippen molar-refractivity contribution in [2.24, 2.45) is 0 Å². The monoisotopic (exact) mass is 336 g/mol. The second kappa shape index (κ2) is 13.2. The van der Waals surface area contributed by atoms with E-state index in [0.29, 0.717) is 0 Å². The van der Waals surface area contributed by atoms with Crippen molar-refractivity contribution >= 4 is 16.1 Å². The molecule has 8 heteroatoms. The quantitative estimate of drug-likeness (QED) is 0.473. The lowest BCUT2D eigenvalue weighted by Crippen LogP contribution is -1.96. The minimum atomic E-state index is -4.02. The van der Waals surface area contributed by atoms with Crippen LogP contribution in [0.1, 0.15) is 31.7 Å². The third-order valence-electron chi connectivity index (χ3n) is 2.14. The fourth-order valence-corrected chi connectivity index (χ4v) is 1.59. The zero-order valence-electron chi connectivity index (χ0n) is 12.8. The first kappa shape index (κ1) is 22.8. The zero-order valence-corrected chi connectivity index (χ0v) is 13.6. The molecule has 1 aromatic carbocycles. The number of hydrogen-bond donors (Lipinski definition) is 4. The van der Waals surface area contributed by atoms with Gasteiger partial charge in [0.05, 0.1) is 4.90 Å². The Labute approximate surface area is 131 Å². The first-order valence-electron chi connectivity index (χ1n) is 6.60. The van der Waals surface area contributed by atoms with Crippen LogP contribution in [-0.2, 0) is 14.9 Å². The van der Waals surface area contributed by atoms with E-state index < -0.39 is 16.1 Å². The van der Waals surface area contributed by atoms with E-state index in [2.05, 4.69) is 0 Å². The van der Waals surface area contributed by atoms with E-state index in [-0.39, 0.29) is 18.1 Å². The smallest absolute Gasteiger partial charge is 0.300 e. The highest BCUT2D eigenvalue weighted by molar-refractivity contribution is 7.85. The van der Waals surface area contributed by atoms with Crippen molar-refractivity contribution in [2.45, 2.75) is 38.0 Å². The molecule has 0 fully saturated rings. The Morgan fingerprint density at radius 3 is 1.64 bits per heavy atom. The Morgan fingerprint density at radius 2 is 1.36 bits per heavy atom. The van der Waals surface area contributed by atoms with Gasteiger partial charge in [0, 0.05) is 20.1 Å². The molecule has 1 aromatic rings. The van der Waals surface area contributed by atoms with E-state index in [4.69, 9.17) is 24.7 Å². The van der Waals surface area contributed by atoms with E-state index >= 15 is 0 Å². The molecule has 0 aliphatic heterocycles. The third kappa shape index (κ3) is 16.6. The van der Waals surface area contributed by atoms with Crippen molar-refractivity contribution in [1.29, 1.82) is 0 Å². The Kier molecular flexibility index (Phi) is 13.7. The molecule has 22 heavy (non-hydrogen) atoms. The molecule has 0 aliphatic carbocycles. The van der Waals surface area contributed by atoms with Crippen molar-refractivity contribution in [1.82, 2.24) is 0 Å². The summed E-state index contributed by atoms with van der Waals surface area (Å²) < 4.78 is 29.6. The van der Waals surface area contributed by atoms with Crippen molar-refractivity contribution in [3.8, 4) is 0 Å². The van der Waals surface area contributed by atoms with Crippen LogP contribution in [0.2, 0.25) is 0 Å². The van der Waals surface area contributed by atoms with Gasteiger partial charge in [0.1, 0.15) is 0 Å². The number of carboxylic acid groups (broad SMARTS) is 1. The van der Waals surface area contributed by atoms with Crippen molar-refractivity contribution in [3.05, 3.63) is 29.8 Å². The average Bonchev–Trinajstić information content (AvgIpc) is 2.39. The fourth-order valence-electron chi connectivity index (χ4n) is 1.11. The first-order valence-corrected chi connectivity index (χ1v) is 8.04. The number of aryl methyl sites for hydroxylation is 1. The molecule has 0 saturated heterocycles. The van der Waals surface area contributed by atoms with Crippen LogP contribution in [0, 0.1) is 6.92 Å². The molecule has 0 saturated carbocycles. The van der Waals surface area contributed by atoms with Crippen molar-refractivity contribution in [3.63, 3.8) is 0 Å². The van der Waals surface area contributed by atoms with E-state index in [9.17, 15) is 8.42 Å². The van der Waals surface area contributed by atoms with Crippen LogP contribution in [0.25, 0.3) is 0 Å². The number of aliphatic hydroxyl groups is 2. The van der Waals surface area contributed by atoms with Crippen molar-refractivity contribution in [2.75, 3.05) is 13.2 Å². The number of unbranched alkanes of at least 4 members (excludes halogenated alkanes) is 2. The van der Waals surface area contributed by atoms with Crippen LogP contribution in [0.3, 0.4) is 0 Å². The summed E-state index contributed by atoms with van der Waals surface area (Å²) in [6.45, 7) is 3.42. The number of aliphatic hydroxyl groups excluding tert-OH is 2. The number of carboxylic acids is 1. The average molecular weight is 336 g/mol. The fraction of sp³-hybridized carbons (Fsp3) is 0.500. The van der Waals surface area contributed by atoms with Crippen LogP contribution < -0.4 is 0 Å². The molecule has 1 rings (SSSR count). The minimum Gasteiger partial charge on any atom is -0.481 e. The summed E-state index contributed by atoms with van der Waals surface area (Å²) in [5.41, 5.74) is 0.956. The van der Waals surface area contributed by atoms with E-state index in [1.807, 2.05) is 6.92 Å². The zero-order chi connectivity index (χ0) is 17.6. The van der Waals surface area contributed by atoms with Gasteiger partial charge in [-0.2, -0.15) is 8.42 Å². The maximum absolute atomic E-state index is 10.5. The summed E-state index contributed by atoms with van der Waals surface area (Å²) >= 11 is 0. The lowest BCUT2D eigenvalue weighted by molar-refractivity contribution is -0.134. The summed E-state index contributed by atoms with van der Waals surface area (Å²) in [5, 5.41) is 23.8. The number of benzene rings is 1. The van der Waals surface area contributed by atoms with Crippen LogP contribution in [0.5, 0.6) is 0 Å². The summed E-state index contributed by atoms with van der Waals surface area (Å²) in [7, 11) is -4.02. The third-order valence-corrected chi connectivity index (χ3v) is 3.00. The van der Waals surface area contributed by atoms with Gasteiger partial charge in [-0.15, -0.1) is 0 Å². The Hall–Kier alpha value is -1.48. The second-order valence-corrected chi connectivity index (χ2v) is 5.74. The normalized spacial score (nSPS) is 9.86. The van der Waals surface area contributed by atoms with Gasteiger partial charge in [0.25, 0.3) is 16.1 Å². The summed E-state index contributed by atoms with van der Waals surface area (Å²) in [6.07, 6.45) is 2.58. The van der Waals surface area contributed by atoms with E-state index in [1.54, 1.807) is 12.1 Å². The van der Waals surface area contributed by atoms with Gasteiger partial charge in [0.15, 0.2) is 0 Å². The molecule has 0 heterocycles. The van der Waals surface area contributed by atoms with Gasteiger partial charge in [0.2, 0.25) is 0 Å². The maximum Gasteiger partial charge on any atom is 0.300 e. The van der Waals surface area contributed by atoms with Crippen LogP contribution in [0.4, 0.5) is 0 Å². The molecule has 0 amide bonds. The maximum atomic E-state index is 10.5. The number of carbonyl (C=O) groups is 1. The highest BCUT2D eigenvalue weighted by Gasteiger charge is 2.06. The molecule has 4 N–H and O–H groups in total. The summed E-state index contributed by atoms with van der Waals surface area (Å²) in [5.74, 6) is -0.833. The molecular weight excluding hydrogens is 312 g/mol. The van der Waals surface area contributed by atoms with Gasteiger partial charge >= 0.3 is 0 Å². The van der Waals surface area contributed by atoms with Crippen LogP contribution in [0.15, 0.2) is 29.2 Å². The largest absolute Gasteiger partial charge is 0.481 e. The van der Waals surface area contributed by atoms with Gasteiger partial charge in [-0.05, 0) is 38.3 Å². The predicted octanol–water partition coefficient (Wildman–Crippen LogP) is 1.47. The molecule has 0 unspecified atom stereocenters. The molecule has 0 aliphatic rings. The highest BCUT2D eigenvalue weighted by atomic mass is 32.2. The van der Waals surface area contributed by atoms with Crippen molar-refractivity contribution < 1.29 is 33.1 Å². The Balaban J connectivity index is 0. The van der Waals surface area contributed by atoms with Crippen LogP contribution >= 0.6 is 0 Å². The first-order chi connectivity index (χ1) is 10.1. The molecule has 7 nitrogen and oxygen atoms in total. The molecule has 0 spiro atoms. The standard InChI is InChI=1S/C7H8O3S.C5H12O2.C2H4O2/c1-6-2-4-7(5-3-6)11(8,9)10;6-4-2-1-3-5-7;1-2(3)4/h2-5H,1H3,(H,8,9,10);6-7H,1-5H2;1H3,(H,3,4). The Bertz CT molecular complexity index is 486. The molecule has 128 valence electrons. The lowest BCUT2D eigenvalue weighted by Gasteiger charge is -1.95. The number of rotatable bonds is 5. The number of aliphatic carboxylic acids is 1. The van der Waals surface area contributed by atoms with Gasteiger partial charge in [-0.3, -0.25) is 9.35 Å². The topological polar surface area (TPSA) is 132 Å². The van der Waals surface area contributed by atoms with Crippen LogP contribution in [-0.4, -0.2) is 47.5 Å². The molecule has 0 bridgehead atoms. The SMILES string of the molecule is CC(=O)O.Cc1ccc(S(=O)(=O)O)cc1.OCCCCCO. The van der Waals surface area contributed by atoms with Gasteiger partial charge in [-0.1, -0.05) is 17.7 Å². The lowest BCUT2D eigenvalue weighted by atomic mass is 10.2. The minimum absolute atomic E-state index is 0.0666. The molecule has 0 aromatic heterocycles. The number of hydrogen-bond acceptors (Lipinski definition) is 5. The summed E-state index contributed by atoms with van der Waals surface area (Å²) in [4.78, 5) is 8.93.